The maximum absolute atomic E-state index is 12.8. The molecule has 168 valence electrons. The van der Waals surface area contributed by atoms with Crippen LogP contribution in [0.1, 0.15) is 0 Å². The lowest BCUT2D eigenvalue weighted by Gasteiger charge is -2.20. The number of benzene rings is 3. The van der Waals surface area contributed by atoms with Crippen molar-refractivity contribution in [3.63, 3.8) is 0 Å². The molecule has 0 radical (unpaired) electrons. The number of anilines is 2. The van der Waals surface area contributed by atoms with E-state index < -0.39 is 10.0 Å². The van der Waals surface area contributed by atoms with Crippen molar-refractivity contribution >= 4 is 50.5 Å². The number of ether oxygens (including phenoxy) is 2. The van der Waals surface area contributed by atoms with E-state index in [2.05, 4.69) is 5.32 Å². The van der Waals surface area contributed by atoms with Crippen LogP contribution in [0.15, 0.2) is 71.6 Å². The molecule has 3 rings (SSSR count). The van der Waals surface area contributed by atoms with Crippen LogP contribution in [0.25, 0.3) is 0 Å². The number of halogens is 2. The number of nitrogens with one attached hydrogen (secondary N) is 1. The molecule has 1 N–H and O–H groups in total. The highest BCUT2D eigenvalue weighted by Crippen LogP contribution is 2.27. The first-order valence-electron chi connectivity index (χ1n) is 9.31. The smallest absolute Gasteiger partial charge is 0.264 e. The van der Waals surface area contributed by atoms with Crippen LogP contribution in [0.2, 0.25) is 10.0 Å². The Kier molecular flexibility index (Phi) is 7.50. The average Bonchev–Trinajstić information content (AvgIpc) is 2.78. The van der Waals surface area contributed by atoms with Gasteiger partial charge in [0.2, 0.25) is 0 Å². The molecule has 0 heterocycles. The van der Waals surface area contributed by atoms with E-state index in [1.54, 1.807) is 42.5 Å². The first kappa shape index (κ1) is 23.7. The van der Waals surface area contributed by atoms with Crippen molar-refractivity contribution in [1.29, 1.82) is 0 Å². The highest BCUT2D eigenvalue weighted by molar-refractivity contribution is 7.92. The van der Waals surface area contributed by atoms with Gasteiger partial charge >= 0.3 is 0 Å². The molecule has 0 saturated carbocycles. The van der Waals surface area contributed by atoms with Gasteiger partial charge in [-0.3, -0.25) is 9.10 Å². The second-order valence-electron chi connectivity index (χ2n) is 6.61. The van der Waals surface area contributed by atoms with Gasteiger partial charge < -0.3 is 14.8 Å². The summed E-state index contributed by atoms with van der Waals surface area (Å²) in [7, 11) is -0.785. The Morgan fingerprint density at radius 2 is 1.66 bits per heavy atom. The minimum Gasteiger partial charge on any atom is -0.495 e. The Balaban J connectivity index is 1.60. The lowest BCUT2D eigenvalue weighted by molar-refractivity contribution is -0.118. The molecule has 3 aromatic carbocycles. The zero-order valence-corrected chi connectivity index (χ0v) is 19.5. The van der Waals surface area contributed by atoms with Crippen LogP contribution in [-0.2, 0) is 14.8 Å². The van der Waals surface area contributed by atoms with Gasteiger partial charge in [-0.05, 0) is 66.7 Å². The van der Waals surface area contributed by atoms with Gasteiger partial charge in [0.1, 0.15) is 11.5 Å². The summed E-state index contributed by atoms with van der Waals surface area (Å²) < 4.78 is 37.2. The summed E-state index contributed by atoms with van der Waals surface area (Å²) in [5, 5.41) is 3.50. The number of carbonyl (C=O) groups is 1. The van der Waals surface area contributed by atoms with E-state index in [1.807, 2.05) is 0 Å². The average molecular weight is 495 g/mol. The normalized spacial score (nSPS) is 11.0. The molecule has 0 spiro atoms. The zero-order chi connectivity index (χ0) is 23.3. The molecular weight excluding hydrogens is 475 g/mol. The SMILES string of the molecule is COc1ccc(NC(=O)COc2ccc(N(C)S(=O)(=O)c3ccc(Cl)cc3)cc2)cc1Cl. The third-order valence-electron chi connectivity index (χ3n) is 4.48. The Hall–Kier alpha value is -2.94. The summed E-state index contributed by atoms with van der Waals surface area (Å²) >= 11 is 11.9. The van der Waals surface area contributed by atoms with Gasteiger partial charge in [-0.25, -0.2) is 8.42 Å². The van der Waals surface area contributed by atoms with Crippen molar-refractivity contribution in [3.05, 3.63) is 76.8 Å². The van der Waals surface area contributed by atoms with Gasteiger partial charge in [-0.2, -0.15) is 0 Å². The third kappa shape index (κ3) is 5.64. The number of amides is 1. The van der Waals surface area contributed by atoms with Crippen LogP contribution in [0.4, 0.5) is 11.4 Å². The first-order chi connectivity index (χ1) is 15.2. The molecule has 32 heavy (non-hydrogen) atoms. The number of methoxy groups -OCH3 is 1. The van der Waals surface area contributed by atoms with E-state index >= 15 is 0 Å². The summed E-state index contributed by atoms with van der Waals surface area (Å²) in [6.07, 6.45) is 0. The topological polar surface area (TPSA) is 84.9 Å². The largest absolute Gasteiger partial charge is 0.495 e. The number of sulfonamides is 1. The summed E-state index contributed by atoms with van der Waals surface area (Å²) in [6, 6.07) is 17.1. The fraction of sp³-hybridized carbons (Fsp3) is 0.136. The van der Waals surface area contributed by atoms with Crippen LogP contribution in [-0.4, -0.2) is 35.1 Å². The molecule has 1 amide bonds. The van der Waals surface area contributed by atoms with Gasteiger partial charge in [0, 0.05) is 17.8 Å². The molecule has 0 atom stereocenters. The molecule has 0 aliphatic rings. The highest BCUT2D eigenvalue weighted by Gasteiger charge is 2.21. The highest BCUT2D eigenvalue weighted by atomic mass is 35.5. The maximum atomic E-state index is 12.8. The van der Waals surface area contributed by atoms with E-state index in [0.717, 1.165) is 4.31 Å². The van der Waals surface area contributed by atoms with Crippen molar-refractivity contribution in [3.8, 4) is 11.5 Å². The van der Waals surface area contributed by atoms with Gasteiger partial charge in [-0.1, -0.05) is 23.2 Å². The molecule has 10 heteroatoms. The van der Waals surface area contributed by atoms with E-state index in [1.165, 1.54) is 38.4 Å². The monoisotopic (exact) mass is 494 g/mol. The van der Waals surface area contributed by atoms with Gasteiger partial charge in [-0.15, -0.1) is 0 Å². The van der Waals surface area contributed by atoms with Crippen LogP contribution in [0.3, 0.4) is 0 Å². The van der Waals surface area contributed by atoms with E-state index in [-0.39, 0.29) is 17.4 Å². The summed E-state index contributed by atoms with van der Waals surface area (Å²) in [6.45, 7) is -0.234. The second-order valence-corrected chi connectivity index (χ2v) is 9.42. The van der Waals surface area contributed by atoms with Crippen LogP contribution < -0.4 is 19.1 Å². The fourth-order valence-corrected chi connectivity index (χ4v) is 4.33. The third-order valence-corrected chi connectivity index (χ3v) is 6.82. The second kappa shape index (κ2) is 10.1. The number of rotatable bonds is 8. The van der Waals surface area contributed by atoms with E-state index in [0.29, 0.717) is 32.9 Å². The van der Waals surface area contributed by atoms with Gasteiger partial charge in [0.05, 0.1) is 22.7 Å². The minimum atomic E-state index is -3.74. The number of carbonyl (C=O) groups excluding carboxylic acids is 1. The Morgan fingerprint density at radius 3 is 2.25 bits per heavy atom. The molecule has 0 unspecified atom stereocenters. The predicted octanol–water partition coefficient (Wildman–Crippen LogP) is 4.84. The van der Waals surface area contributed by atoms with Crippen LogP contribution in [0, 0.1) is 0 Å². The van der Waals surface area contributed by atoms with Crippen LogP contribution in [0.5, 0.6) is 11.5 Å². The van der Waals surface area contributed by atoms with E-state index in [9.17, 15) is 13.2 Å². The standard InChI is InChI=1S/C22H20Cl2N2O5S/c1-26(32(28,29)19-10-3-15(23)4-11-19)17-6-8-18(9-7-17)31-14-22(27)25-16-5-12-21(30-2)20(24)13-16/h3-13H,14H2,1-2H3,(H,25,27). The summed E-state index contributed by atoms with van der Waals surface area (Å²) in [4.78, 5) is 12.3. The molecule has 0 saturated heterocycles. The lowest BCUT2D eigenvalue weighted by atomic mass is 10.3. The maximum Gasteiger partial charge on any atom is 0.264 e. The zero-order valence-electron chi connectivity index (χ0n) is 17.2. The van der Waals surface area contributed by atoms with Crippen molar-refractivity contribution < 1.29 is 22.7 Å². The van der Waals surface area contributed by atoms with Crippen molar-refractivity contribution in [1.82, 2.24) is 0 Å². The number of hydrogen-bond donors (Lipinski definition) is 1. The molecule has 0 aliphatic heterocycles. The van der Waals surface area contributed by atoms with Crippen molar-refractivity contribution in [2.75, 3.05) is 30.4 Å². The molecule has 0 aliphatic carbocycles. The molecular formula is C22H20Cl2N2O5S. The Bertz CT molecular complexity index is 1200. The van der Waals surface area contributed by atoms with Gasteiger partial charge in [0.25, 0.3) is 15.9 Å². The molecule has 0 aromatic heterocycles. The van der Waals surface area contributed by atoms with Gasteiger partial charge in [0.15, 0.2) is 6.61 Å². The van der Waals surface area contributed by atoms with Crippen LogP contribution >= 0.6 is 23.2 Å². The molecule has 0 fully saturated rings. The summed E-state index contributed by atoms with van der Waals surface area (Å²) in [5.74, 6) is 0.538. The lowest BCUT2D eigenvalue weighted by Crippen LogP contribution is -2.26. The Morgan fingerprint density at radius 1 is 1.00 bits per heavy atom. The van der Waals surface area contributed by atoms with Crippen molar-refractivity contribution in [2.45, 2.75) is 4.90 Å². The fourth-order valence-electron chi connectivity index (χ4n) is 2.75. The number of nitrogens with zero attached hydrogens (tertiary/aromatic N) is 1. The van der Waals surface area contributed by atoms with Crippen molar-refractivity contribution in [2.24, 2.45) is 0 Å². The first-order valence-corrected chi connectivity index (χ1v) is 11.5. The predicted molar refractivity (Wildman–Crippen MR) is 126 cm³/mol. The number of hydrogen-bond acceptors (Lipinski definition) is 5. The quantitative estimate of drug-likeness (QED) is 0.483. The minimum absolute atomic E-state index is 0.125. The molecule has 0 bridgehead atoms. The Labute approximate surface area is 196 Å². The summed E-state index contributed by atoms with van der Waals surface area (Å²) in [5.41, 5.74) is 0.943. The molecule has 7 nitrogen and oxygen atoms in total. The molecule has 3 aromatic rings. The van der Waals surface area contributed by atoms with E-state index in [4.69, 9.17) is 32.7 Å².